The molecular weight excluding hydrogens is 753 g/mol. The fourth-order valence-corrected chi connectivity index (χ4v) is 8.69. The fraction of sp³-hybridized carbons (Fsp3) is 0.279. The van der Waals surface area contributed by atoms with Crippen molar-refractivity contribution in [1.82, 2.24) is 14.3 Å². The number of ether oxygens (including phenoxy) is 2. The Bertz CT molecular complexity index is 2390. The van der Waals surface area contributed by atoms with E-state index in [-0.39, 0.29) is 49.7 Å². The molecule has 1 aliphatic heterocycles. The zero-order valence-corrected chi connectivity index (χ0v) is 31.7. The lowest BCUT2D eigenvalue weighted by Crippen LogP contribution is -2.59. The normalized spacial score (nSPS) is 15.9. The maximum Gasteiger partial charge on any atom is 0.342 e. The number of nitriles is 1. The zero-order valence-electron chi connectivity index (χ0n) is 30.9. The van der Waals surface area contributed by atoms with Crippen LogP contribution < -0.4 is 9.64 Å². The van der Waals surface area contributed by atoms with Gasteiger partial charge in [-0.3, -0.25) is 14.8 Å². The summed E-state index contributed by atoms with van der Waals surface area (Å²) in [7, 11) is -4.56. The van der Waals surface area contributed by atoms with Gasteiger partial charge < -0.3 is 14.4 Å². The Morgan fingerprint density at radius 1 is 0.860 bits per heavy atom. The van der Waals surface area contributed by atoms with Gasteiger partial charge in [-0.15, -0.1) is 0 Å². The number of nitrogens with zero attached hydrogens (tertiary/aromatic N) is 5. The molecule has 0 N–H and O–H groups in total. The van der Waals surface area contributed by atoms with Crippen molar-refractivity contribution in [3.63, 3.8) is 0 Å². The quantitative estimate of drug-likeness (QED) is 0.110. The second kappa shape index (κ2) is 17.4. The van der Waals surface area contributed by atoms with Crippen molar-refractivity contribution in [2.45, 2.75) is 75.1 Å². The maximum atomic E-state index is 14.6. The van der Waals surface area contributed by atoms with Gasteiger partial charge in [0.1, 0.15) is 36.6 Å². The Morgan fingerprint density at radius 3 is 2.19 bits per heavy atom. The second-order valence-corrected chi connectivity index (χ2v) is 15.9. The van der Waals surface area contributed by atoms with Gasteiger partial charge in [0, 0.05) is 30.4 Å². The minimum absolute atomic E-state index is 0.0134. The minimum Gasteiger partial charge on any atom is -0.488 e. The number of sulfonamides is 1. The van der Waals surface area contributed by atoms with Crippen LogP contribution in [-0.4, -0.2) is 47.2 Å². The van der Waals surface area contributed by atoms with E-state index in [0.717, 1.165) is 52.9 Å². The number of esters is 1. The summed E-state index contributed by atoms with van der Waals surface area (Å²) in [5.74, 6) is -3.85. The molecule has 0 spiro atoms. The van der Waals surface area contributed by atoms with Crippen LogP contribution in [0, 0.1) is 23.0 Å². The molecule has 1 saturated carbocycles. The number of hydrogen-bond donors (Lipinski definition) is 0. The summed E-state index contributed by atoms with van der Waals surface area (Å²) in [6, 6.07) is 24.5. The molecule has 2 aliphatic rings. The summed E-state index contributed by atoms with van der Waals surface area (Å²) < 4.78 is 68.9. The predicted molar refractivity (Wildman–Crippen MR) is 205 cm³/mol. The number of amides is 1. The number of halogens is 2. The summed E-state index contributed by atoms with van der Waals surface area (Å²) in [5, 5.41) is 9.30. The molecule has 0 radical (unpaired) electrons. The first-order chi connectivity index (χ1) is 27.6. The van der Waals surface area contributed by atoms with E-state index >= 15 is 0 Å². The van der Waals surface area contributed by atoms with E-state index in [2.05, 4.69) is 4.98 Å². The number of aromatic nitrogens is 2. The molecule has 1 saturated heterocycles. The first-order valence-electron chi connectivity index (χ1n) is 18.7. The second-order valence-electron chi connectivity index (χ2n) is 14.0. The molecule has 5 aromatic rings. The Kier molecular flexibility index (Phi) is 12.0. The van der Waals surface area contributed by atoms with Gasteiger partial charge in [-0.25, -0.2) is 22.0 Å². The van der Waals surface area contributed by atoms with Crippen LogP contribution in [0.25, 0.3) is 0 Å². The molecule has 2 fully saturated rings. The third kappa shape index (κ3) is 8.85. The standard InChI is InChI=1S/C43H39F2N5O6S/c44-37-22-35(20-32(23-46)41(37)45)57(53,54)50-19-18-39(50)42(51)49(26-33-24-48-38(25-47-33)31-14-8-3-9-15-31)34-16-17-36(43(52)56-28-30-12-6-2-7-13-30)40(21-34)55-27-29-10-4-1-5-11-29/h1-2,4-7,10-13,16-17,20-22,24-25,31,39H,3,8-9,14-15,18-19,26-28H2/t39-/m1/s1. The van der Waals surface area contributed by atoms with Gasteiger partial charge in [0.15, 0.2) is 11.6 Å². The number of anilines is 1. The monoisotopic (exact) mass is 791 g/mol. The molecule has 1 aromatic heterocycles. The summed E-state index contributed by atoms with van der Waals surface area (Å²) in [4.78, 5) is 38.2. The van der Waals surface area contributed by atoms with Crippen molar-refractivity contribution in [3.05, 3.63) is 149 Å². The van der Waals surface area contributed by atoms with Crippen LogP contribution in [0.4, 0.5) is 14.5 Å². The smallest absolute Gasteiger partial charge is 0.342 e. The molecule has 11 nitrogen and oxygen atoms in total. The highest BCUT2D eigenvalue weighted by atomic mass is 32.2. The Morgan fingerprint density at radius 2 is 1.56 bits per heavy atom. The first-order valence-corrected chi connectivity index (χ1v) is 20.1. The van der Waals surface area contributed by atoms with Crippen LogP contribution in [0.2, 0.25) is 0 Å². The van der Waals surface area contributed by atoms with Crippen molar-refractivity contribution in [1.29, 1.82) is 5.26 Å². The van der Waals surface area contributed by atoms with Crippen LogP contribution in [0.5, 0.6) is 5.75 Å². The van der Waals surface area contributed by atoms with Crippen LogP contribution in [0.3, 0.4) is 0 Å². The van der Waals surface area contributed by atoms with Gasteiger partial charge >= 0.3 is 5.97 Å². The number of hydrogen-bond acceptors (Lipinski definition) is 9. The molecule has 2 heterocycles. The molecule has 7 rings (SSSR count). The van der Waals surface area contributed by atoms with E-state index in [1.165, 1.54) is 29.5 Å². The van der Waals surface area contributed by atoms with E-state index < -0.39 is 50.0 Å². The molecule has 0 bridgehead atoms. The molecule has 57 heavy (non-hydrogen) atoms. The number of benzene rings is 4. The Hall–Kier alpha value is -6.04. The van der Waals surface area contributed by atoms with E-state index in [1.54, 1.807) is 18.5 Å². The molecule has 0 unspecified atom stereocenters. The van der Waals surface area contributed by atoms with Gasteiger partial charge in [-0.2, -0.15) is 9.57 Å². The highest BCUT2D eigenvalue weighted by Gasteiger charge is 2.45. The lowest BCUT2D eigenvalue weighted by molar-refractivity contribution is -0.125. The predicted octanol–water partition coefficient (Wildman–Crippen LogP) is 7.61. The topological polar surface area (TPSA) is 143 Å². The van der Waals surface area contributed by atoms with E-state index in [0.29, 0.717) is 17.7 Å². The van der Waals surface area contributed by atoms with Crippen LogP contribution in [0.15, 0.2) is 108 Å². The molecule has 4 aromatic carbocycles. The number of rotatable bonds is 13. The molecule has 1 amide bonds. The van der Waals surface area contributed by atoms with Gasteiger partial charge in [0.05, 0.1) is 34.6 Å². The number of carbonyl (C=O) groups excluding carboxylic acids is 2. The average Bonchev–Trinajstić information content (AvgIpc) is 3.22. The first kappa shape index (κ1) is 39.2. The average molecular weight is 792 g/mol. The summed E-state index contributed by atoms with van der Waals surface area (Å²) in [5.41, 5.74) is 2.49. The van der Waals surface area contributed by atoms with Gasteiger partial charge in [0.25, 0.3) is 0 Å². The van der Waals surface area contributed by atoms with E-state index in [4.69, 9.17) is 14.5 Å². The minimum atomic E-state index is -4.56. The fourth-order valence-electron chi connectivity index (χ4n) is 7.02. The van der Waals surface area contributed by atoms with Crippen LogP contribution >= 0.6 is 0 Å². The zero-order chi connectivity index (χ0) is 39.9. The Balaban J connectivity index is 1.23. The third-order valence-electron chi connectivity index (χ3n) is 10.3. The van der Waals surface area contributed by atoms with Crippen molar-refractivity contribution < 1.29 is 36.3 Å². The van der Waals surface area contributed by atoms with Crippen molar-refractivity contribution in [2.75, 3.05) is 11.4 Å². The third-order valence-corrected chi connectivity index (χ3v) is 12.2. The van der Waals surface area contributed by atoms with E-state index in [9.17, 15) is 32.0 Å². The maximum absolute atomic E-state index is 14.6. The largest absolute Gasteiger partial charge is 0.488 e. The van der Waals surface area contributed by atoms with Crippen molar-refractivity contribution >= 4 is 27.6 Å². The van der Waals surface area contributed by atoms with Gasteiger partial charge in [0.2, 0.25) is 15.9 Å². The summed E-state index contributed by atoms with van der Waals surface area (Å²) in [6.07, 6.45) is 8.89. The van der Waals surface area contributed by atoms with Crippen molar-refractivity contribution in [2.24, 2.45) is 0 Å². The molecule has 1 aliphatic carbocycles. The van der Waals surface area contributed by atoms with Gasteiger partial charge in [-0.05, 0) is 54.7 Å². The highest BCUT2D eigenvalue weighted by Crippen LogP contribution is 2.35. The lowest BCUT2D eigenvalue weighted by atomic mass is 9.87. The molecule has 1 atom stereocenters. The number of carbonyl (C=O) groups is 2. The van der Waals surface area contributed by atoms with Crippen LogP contribution in [0.1, 0.15) is 82.9 Å². The highest BCUT2D eigenvalue weighted by molar-refractivity contribution is 7.89. The Labute approximate surface area is 329 Å². The van der Waals surface area contributed by atoms with Crippen LogP contribution in [-0.2, 0) is 39.3 Å². The van der Waals surface area contributed by atoms with Crippen molar-refractivity contribution in [3.8, 4) is 11.8 Å². The van der Waals surface area contributed by atoms with E-state index in [1.807, 2.05) is 60.7 Å². The molecule has 292 valence electrons. The SMILES string of the molecule is N#Cc1cc(S(=O)(=O)N2CC[C@@H]2C(=O)N(Cc2cnc(C3CCCCC3)cn2)c2ccc(C(=O)OCc3ccccc3)c(OCc3ccccc3)c2)cc(F)c1F. The molecule has 14 heteroatoms. The lowest BCUT2D eigenvalue weighted by Gasteiger charge is -2.41. The van der Waals surface area contributed by atoms with Gasteiger partial charge in [-0.1, -0.05) is 79.9 Å². The molecular formula is C43H39F2N5O6S. The summed E-state index contributed by atoms with van der Waals surface area (Å²) in [6.45, 7) is -0.111. The summed E-state index contributed by atoms with van der Waals surface area (Å²) >= 11 is 0.